The number of benzene rings is 2. The van der Waals surface area contributed by atoms with Crippen LogP contribution in [0.3, 0.4) is 0 Å². The highest BCUT2D eigenvalue weighted by atomic mass is 35.5. The summed E-state index contributed by atoms with van der Waals surface area (Å²) in [7, 11) is 0. The number of aromatic nitrogens is 5. The minimum atomic E-state index is -0.126. The molecule has 0 aliphatic carbocycles. The topological polar surface area (TPSA) is 77.6 Å². The van der Waals surface area contributed by atoms with Crippen molar-refractivity contribution in [3.05, 3.63) is 83.2 Å². The first-order valence-electron chi connectivity index (χ1n) is 9.08. The molecule has 0 saturated carbocycles. The molecular weight excluding hydrogens is 388 g/mol. The van der Waals surface area contributed by atoms with E-state index in [0.717, 1.165) is 28.3 Å². The Bertz CT molecular complexity index is 1150. The molecule has 2 aromatic heterocycles. The average molecular weight is 407 g/mol. The number of rotatable bonds is 5. The van der Waals surface area contributed by atoms with Crippen molar-refractivity contribution in [2.24, 2.45) is 0 Å². The second-order valence-electron chi connectivity index (χ2n) is 6.62. The van der Waals surface area contributed by atoms with Crippen molar-refractivity contribution in [3.63, 3.8) is 0 Å². The van der Waals surface area contributed by atoms with Crippen LogP contribution in [0.4, 0.5) is 5.69 Å². The number of anilines is 1. The number of amides is 1. The monoisotopic (exact) mass is 406 g/mol. The number of para-hydroxylation sites is 2. The standard InChI is InChI=1S/C21H19ClN6O/c1-14-18(15(2)28(26-14)17-9-7-16(22)8-10-17)11-21(29)25-19-5-3-4-6-20(19)27-13-23-12-24-27/h3-10,12-13H,11H2,1-2H3,(H,25,29). The third-order valence-electron chi connectivity index (χ3n) is 4.69. The van der Waals surface area contributed by atoms with Gasteiger partial charge in [-0.05, 0) is 50.2 Å². The van der Waals surface area contributed by atoms with Crippen LogP contribution in [0.15, 0.2) is 61.2 Å². The second kappa shape index (κ2) is 7.89. The van der Waals surface area contributed by atoms with E-state index in [0.29, 0.717) is 10.7 Å². The van der Waals surface area contributed by atoms with Gasteiger partial charge in [-0.2, -0.15) is 10.2 Å². The first kappa shape index (κ1) is 18.9. The summed E-state index contributed by atoms with van der Waals surface area (Å²) in [5, 5.41) is 12.4. The minimum Gasteiger partial charge on any atom is -0.324 e. The fourth-order valence-electron chi connectivity index (χ4n) is 3.23. The van der Waals surface area contributed by atoms with Crippen LogP contribution in [0.1, 0.15) is 17.0 Å². The van der Waals surface area contributed by atoms with Crippen molar-refractivity contribution in [2.45, 2.75) is 20.3 Å². The largest absolute Gasteiger partial charge is 0.324 e. The molecule has 0 spiro atoms. The van der Waals surface area contributed by atoms with Gasteiger partial charge in [-0.25, -0.2) is 14.3 Å². The summed E-state index contributed by atoms with van der Waals surface area (Å²) in [6.07, 6.45) is 3.27. The zero-order valence-corrected chi connectivity index (χ0v) is 16.8. The molecule has 0 unspecified atom stereocenters. The number of hydrogen-bond donors (Lipinski definition) is 1. The molecule has 0 saturated heterocycles. The lowest BCUT2D eigenvalue weighted by Crippen LogP contribution is -2.17. The Balaban J connectivity index is 1.57. The van der Waals surface area contributed by atoms with E-state index < -0.39 is 0 Å². The molecule has 146 valence electrons. The maximum atomic E-state index is 12.8. The SMILES string of the molecule is Cc1nn(-c2ccc(Cl)cc2)c(C)c1CC(=O)Nc1ccccc1-n1cncn1. The molecule has 1 N–H and O–H groups in total. The molecule has 8 heteroatoms. The molecule has 2 aromatic carbocycles. The fraction of sp³-hybridized carbons (Fsp3) is 0.143. The summed E-state index contributed by atoms with van der Waals surface area (Å²) >= 11 is 5.98. The van der Waals surface area contributed by atoms with Crippen molar-refractivity contribution in [3.8, 4) is 11.4 Å². The molecule has 2 heterocycles. The van der Waals surface area contributed by atoms with Gasteiger partial charge in [-0.3, -0.25) is 4.79 Å². The fourth-order valence-corrected chi connectivity index (χ4v) is 3.36. The summed E-state index contributed by atoms with van der Waals surface area (Å²) in [5.41, 5.74) is 4.96. The van der Waals surface area contributed by atoms with E-state index in [9.17, 15) is 4.79 Å². The van der Waals surface area contributed by atoms with E-state index in [2.05, 4.69) is 20.5 Å². The normalized spacial score (nSPS) is 10.9. The van der Waals surface area contributed by atoms with E-state index >= 15 is 0 Å². The Labute approximate surface area is 173 Å². The first-order valence-corrected chi connectivity index (χ1v) is 9.45. The number of hydrogen-bond acceptors (Lipinski definition) is 4. The Morgan fingerprint density at radius 2 is 1.86 bits per heavy atom. The van der Waals surface area contributed by atoms with Gasteiger partial charge in [-0.1, -0.05) is 23.7 Å². The maximum absolute atomic E-state index is 12.8. The number of nitrogens with zero attached hydrogens (tertiary/aromatic N) is 5. The Kier molecular flexibility index (Phi) is 5.14. The highest BCUT2D eigenvalue weighted by Gasteiger charge is 2.17. The molecular formula is C21H19ClN6O. The molecule has 0 aliphatic heterocycles. The van der Waals surface area contributed by atoms with Crippen LogP contribution >= 0.6 is 11.6 Å². The van der Waals surface area contributed by atoms with Crippen molar-refractivity contribution in [1.82, 2.24) is 24.5 Å². The van der Waals surface area contributed by atoms with E-state index in [1.807, 2.05) is 67.1 Å². The van der Waals surface area contributed by atoms with Gasteiger partial charge in [0.2, 0.25) is 5.91 Å². The third kappa shape index (κ3) is 3.90. The maximum Gasteiger partial charge on any atom is 0.228 e. The summed E-state index contributed by atoms with van der Waals surface area (Å²) in [6, 6.07) is 14.9. The lowest BCUT2D eigenvalue weighted by molar-refractivity contribution is -0.115. The smallest absolute Gasteiger partial charge is 0.228 e. The van der Waals surface area contributed by atoms with Gasteiger partial charge in [0, 0.05) is 16.3 Å². The van der Waals surface area contributed by atoms with Crippen molar-refractivity contribution >= 4 is 23.2 Å². The Hall–Kier alpha value is -3.45. The van der Waals surface area contributed by atoms with Crippen molar-refractivity contribution < 1.29 is 4.79 Å². The molecule has 0 atom stereocenters. The van der Waals surface area contributed by atoms with Gasteiger partial charge >= 0.3 is 0 Å². The van der Waals surface area contributed by atoms with Gasteiger partial charge in [0.1, 0.15) is 12.7 Å². The average Bonchev–Trinajstić information content (AvgIpc) is 3.34. The third-order valence-corrected chi connectivity index (χ3v) is 4.95. The predicted octanol–water partition coefficient (Wildman–Crippen LogP) is 3.90. The van der Waals surface area contributed by atoms with Gasteiger partial charge < -0.3 is 5.32 Å². The molecule has 0 fully saturated rings. The zero-order valence-electron chi connectivity index (χ0n) is 16.0. The first-order chi connectivity index (χ1) is 14.0. The van der Waals surface area contributed by atoms with E-state index in [4.69, 9.17) is 11.6 Å². The molecule has 1 amide bonds. The summed E-state index contributed by atoms with van der Waals surface area (Å²) in [5.74, 6) is -0.126. The number of halogens is 1. The highest BCUT2D eigenvalue weighted by molar-refractivity contribution is 6.30. The summed E-state index contributed by atoms with van der Waals surface area (Å²) in [6.45, 7) is 3.87. The van der Waals surface area contributed by atoms with Crippen LogP contribution in [0.5, 0.6) is 0 Å². The van der Waals surface area contributed by atoms with E-state index in [-0.39, 0.29) is 12.3 Å². The molecule has 29 heavy (non-hydrogen) atoms. The van der Waals surface area contributed by atoms with Gasteiger partial charge in [0.15, 0.2) is 0 Å². The molecule has 0 radical (unpaired) electrons. The van der Waals surface area contributed by atoms with E-state index in [1.54, 1.807) is 11.0 Å². The predicted molar refractivity (Wildman–Crippen MR) is 112 cm³/mol. The highest BCUT2D eigenvalue weighted by Crippen LogP contribution is 2.22. The van der Waals surface area contributed by atoms with Gasteiger partial charge in [0.25, 0.3) is 0 Å². The van der Waals surface area contributed by atoms with Crippen molar-refractivity contribution in [2.75, 3.05) is 5.32 Å². The van der Waals surface area contributed by atoms with Crippen LogP contribution in [-0.2, 0) is 11.2 Å². The lowest BCUT2D eigenvalue weighted by Gasteiger charge is -2.11. The summed E-state index contributed by atoms with van der Waals surface area (Å²) in [4.78, 5) is 16.8. The molecule has 7 nitrogen and oxygen atoms in total. The van der Waals surface area contributed by atoms with Gasteiger partial charge in [-0.15, -0.1) is 0 Å². The number of carbonyl (C=O) groups excluding carboxylic acids is 1. The molecule has 0 bridgehead atoms. The van der Waals surface area contributed by atoms with Crippen LogP contribution in [0.25, 0.3) is 11.4 Å². The van der Waals surface area contributed by atoms with Crippen LogP contribution in [-0.4, -0.2) is 30.5 Å². The quantitative estimate of drug-likeness (QED) is 0.545. The molecule has 0 aliphatic rings. The van der Waals surface area contributed by atoms with Crippen LogP contribution in [0.2, 0.25) is 5.02 Å². The van der Waals surface area contributed by atoms with Gasteiger partial charge in [0.05, 0.1) is 29.2 Å². The summed E-state index contributed by atoms with van der Waals surface area (Å²) < 4.78 is 3.45. The Morgan fingerprint density at radius 1 is 1.10 bits per heavy atom. The second-order valence-corrected chi connectivity index (χ2v) is 7.06. The molecule has 4 aromatic rings. The van der Waals surface area contributed by atoms with Crippen LogP contribution in [0, 0.1) is 13.8 Å². The van der Waals surface area contributed by atoms with E-state index in [1.165, 1.54) is 6.33 Å². The Morgan fingerprint density at radius 3 is 2.59 bits per heavy atom. The minimum absolute atomic E-state index is 0.126. The van der Waals surface area contributed by atoms with Crippen LogP contribution < -0.4 is 5.32 Å². The number of nitrogens with one attached hydrogen (secondary N) is 1. The van der Waals surface area contributed by atoms with Crippen molar-refractivity contribution in [1.29, 1.82) is 0 Å². The molecule has 4 rings (SSSR count). The zero-order chi connectivity index (χ0) is 20.4. The number of aryl methyl sites for hydroxylation is 1. The lowest BCUT2D eigenvalue weighted by atomic mass is 10.1. The number of carbonyl (C=O) groups is 1.